The summed E-state index contributed by atoms with van der Waals surface area (Å²) in [5, 5.41) is 12.9. The maximum atomic E-state index is 9.77. The topological polar surface area (TPSA) is 50.7 Å². The second kappa shape index (κ2) is 11.1. The molecule has 1 rings (SSSR count). The lowest BCUT2D eigenvalue weighted by Crippen LogP contribution is -2.25. The molecule has 0 radical (unpaired) electrons. The maximum absolute atomic E-state index is 9.77. The van der Waals surface area contributed by atoms with Crippen molar-refractivity contribution in [3.63, 3.8) is 0 Å². The summed E-state index contributed by atoms with van der Waals surface area (Å²) in [6.45, 7) is 4.83. The maximum Gasteiger partial charge on any atom is 0.0945 e. The fourth-order valence-corrected chi connectivity index (χ4v) is 1.81. The minimum Gasteiger partial charge on any atom is -0.389 e. The molecular formula is C15H24BrNO3. The van der Waals surface area contributed by atoms with Gasteiger partial charge in [-0.05, 0) is 30.7 Å². The number of halogens is 1. The molecule has 1 unspecified atom stereocenters. The van der Waals surface area contributed by atoms with Crippen LogP contribution in [0.1, 0.15) is 19.8 Å². The predicted molar refractivity (Wildman–Crippen MR) is 85.2 cm³/mol. The third-order valence-corrected chi connectivity index (χ3v) is 3.24. The van der Waals surface area contributed by atoms with Crippen LogP contribution in [0.25, 0.3) is 0 Å². The van der Waals surface area contributed by atoms with E-state index in [1.807, 2.05) is 24.3 Å². The van der Waals surface area contributed by atoms with E-state index in [0.29, 0.717) is 26.4 Å². The summed E-state index contributed by atoms with van der Waals surface area (Å²) < 4.78 is 11.8. The quantitative estimate of drug-likeness (QED) is 0.605. The van der Waals surface area contributed by atoms with Crippen LogP contribution in [0.3, 0.4) is 0 Å². The largest absolute Gasteiger partial charge is 0.389 e. The fraction of sp³-hybridized carbons (Fsp3) is 0.600. The molecule has 5 heteroatoms. The van der Waals surface area contributed by atoms with E-state index in [-0.39, 0.29) is 0 Å². The highest BCUT2D eigenvalue weighted by atomic mass is 79.9. The fourth-order valence-electron chi connectivity index (χ4n) is 1.55. The van der Waals surface area contributed by atoms with E-state index in [0.717, 1.165) is 29.6 Å². The van der Waals surface area contributed by atoms with Gasteiger partial charge in [0.05, 0.1) is 25.9 Å². The monoisotopic (exact) mass is 345 g/mol. The molecule has 0 aliphatic carbocycles. The van der Waals surface area contributed by atoms with Gasteiger partial charge in [0.15, 0.2) is 0 Å². The second-order valence-corrected chi connectivity index (χ2v) is 5.50. The van der Waals surface area contributed by atoms with Crippen LogP contribution in [-0.2, 0) is 9.47 Å². The van der Waals surface area contributed by atoms with Crippen LogP contribution in [0, 0.1) is 0 Å². The Labute approximate surface area is 129 Å². The van der Waals surface area contributed by atoms with Gasteiger partial charge in [-0.25, -0.2) is 0 Å². The zero-order chi connectivity index (χ0) is 14.6. The Bertz CT molecular complexity index is 345. The van der Waals surface area contributed by atoms with E-state index in [2.05, 4.69) is 28.2 Å². The van der Waals surface area contributed by atoms with Gasteiger partial charge in [-0.2, -0.15) is 0 Å². The van der Waals surface area contributed by atoms with Crippen molar-refractivity contribution < 1.29 is 14.6 Å². The normalized spacial score (nSPS) is 12.3. The van der Waals surface area contributed by atoms with Crippen molar-refractivity contribution in [1.82, 2.24) is 0 Å². The number of hydrogen-bond acceptors (Lipinski definition) is 4. The van der Waals surface area contributed by atoms with Crippen molar-refractivity contribution in [2.24, 2.45) is 0 Å². The summed E-state index contributed by atoms with van der Waals surface area (Å²) in [7, 11) is 0. The van der Waals surface area contributed by atoms with Gasteiger partial charge in [-0.15, -0.1) is 0 Å². The Morgan fingerprint density at radius 1 is 1.15 bits per heavy atom. The highest BCUT2D eigenvalue weighted by Gasteiger charge is 2.04. The van der Waals surface area contributed by atoms with Crippen molar-refractivity contribution in [1.29, 1.82) is 0 Å². The van der Waals surface area contributed by atoms with E-state index in [1.165, 1.54) is 0 Å². The van der Waals surface area contributed by atoms with Crippen LogP contribution in [0.15, 0.2) is 28.7 Å². The van der Waals surface area contributed by atoms with E-state index in [1.54, 1.807) is 0 Å². The van der Waals surface area contributed by atoms with Gasteiger partial charge in [0, 0.05) is 23.3 Å². The van der Waals surface area contributed by atoms with Crippen LogP contribution >= 0.6 is 15.9 Å². The van der Waals surface area contributed by atoms with Crippen molar-refractivity contribution in [2.75, 3.05) is 38.3 Å². The molecule has 0 heterocycles. The molecule has 1 aromatic rings. The van der Waals surface area contributed by atoms with Crippen LogP contribution in [-0.4, -0.2) is 44.2 Å². The first-order valence-corrected chi connectivity index (χ1v) is 7.84. The molecule has 0 bridgehead atoms. The van der Waals surface area contributed by atoms with Crippen molar-refractivity contribution in [3.05, 3.63) is 28.7 Å². The van der Waals surface area contributed by atoms with Crippen molar-refractivity contribution in [2.45, 2.75) is 25.9 Å². The molecule has 0 amide bonds. The SMILES string of the molecule is CCCCOCCOCC(O)CNc1ccc(Br)cc1. The third kappa shape index (κ3) is 8.53. The number of aliphatic hydroxyl groups is 1. The van der Waals surface area contributed by atoms with Gasteiger partial charge in [-0.3, -0.25) is 0 Å². The number of anilines is 1. The Morgan fingerprint density at radius 3 is 2.55 bits per heavy atom. The summed E-state index contributed by atoms with van der Waals surface area (Å²) in [5.41, 5.74) is 0.982. The average molecular weight is 346 g/mol. The Balaban J connectivity index is 2.00. The summed E-state index contributed by atoms with van der Waals surface area (Å²) in [6.07, 6.45) is 1.70. The molecule has 1 atom stereocenters. The molecule has 0 aromatic heterocycles. The van der Waals surface area contributed by atoms with E-state index in [9.17, 15) is 5.11 Å². The van der Waals surface area contributed by atoms with Crippen LogP contribution in [0.5, 0.6) is 0 Å². The standard InChI is InChI=1S/C15H24BrNO3/c1-2-3-8-19-9-10-20-12-15(18)11-17-14-6-4-13(16)5-7-14/h4-7,15,17-18H,2-3,8-12H2,1H3. The van der Waals surface area contributed by atoms with Crippen LogP contribution in [0.4, 0.5) is 5.69 Å². The number of unbranched alkanes of at least 4 members (excludes halogenated alkanes) is 1. The zero-order valence-electron chi connectivity index (χ0n) is 12.0. The van der Waals surface area contributed by atoms with Gasteiger partial charge in [-0.1, -0.05) is 29.3 Å². The Morgan fingerprint density at radius 2 is 1.85 bits per heavy atom. The summed E-state index contributed by atoms with van der Waals surface area (Å²) in [4.78, 5) is 0. The molecule has 0 saturated carbocycles. The van der Waals surface area contributed by atoms with E-state index < -0.39 is 6.10 Å². The number of hydrogen-bond donors (Lipinski definition) is 2. The van der Waals surface area contributed by atoms with Gasteiger partial charge in [0.1, 0.15) is 0 Å². The van der Waals surface area contributed by atoms with E-state index >= 15 is 0 Å². The molecule has 0 fully saturated rings. The lowest BCUT2D eigenvalue weighted by molar-refractivity contribution is 0.00749. The molecule has 20 heavy (non-hydrogen) atoms. The van der Waals surface area contributed by atoms with Crippen molar-refractivity contribution >= 4 is 21.6 Å². The average Bonchev–Trinajstić information content (AvgIpc) is 2.46. The van der Waals surface area contributed by atoms with Gasteiger partial charge < -0.3 is 19.9 Å². The summed E-state index contributed by atoms with van der Waals surface area (Å²) in [6, 6.07) is 7.83. The Hall–Kier alpha value is -0.620. The summed E-state index contributed by atoms with van der Waals surface area (Å²) in [5.74, 6) is 0. The van der Waals surface area contributed by atoms with Crippen LogP contribution < -0.4 is 5.32 Å². The first kappa shape index (κ1) is 17.4. The number of benzene rings is 1. The van der Waals surface area contributed by atoms with Crippen molar-refractivity contribution in [3.8, 4) is 0 Å². The molecule has 0 aliphatic heterocycles. The first-order chi connectivity index (χ1) is 9.72. The molecule has 0 saturated heterocycles. The number of rotatable bonds is 11. The molecule has 2 N–H and O–H groups in total. The van der Waals surface area contributed by atoms with Crippen LogP contribution in [0.2, 0.25) is 0 Å². The highest BCUT2D eigenvalue weighted by molar-refractivity contribution is 9.10. The van der Waals surface area contributed by atoms with Gasteiger partial charge in [0.25, 0.3) is 0 Å². The molecule has 0 aliphatic rings. The third-order valence-electron chi connectivity index (χ3n) is 2.71. The minimum absolute atomic E-state index is 0.320. The predicted octanol–water partition coefficient (Wildman–Crippen LogP) is 3.06. The molecule has 0 spiro atoms. The number of aliphatic hydroxyl groups excluding tert-OH is 1. The van der Waals surface area contributed by atoms with Gasteiger partial charge >= 0.3 is 0 Å². The van der Waals surface area contributed by atoms with E-state index in [4.69, 9.17) is 9.47 Å². The number of nitrogens with one attached hydrogen (secondary N) is 1. The minimum atomic E-state index is -0.519. The first-order valence-electron chi connectivity index (χ1n) is 7.05. The molecule has 4 nitrogen and oxygen atoms in total. The second-order valence-electron chi connectivity index (χ2n) is 4.58. The number of ether oxygens (including phenoxy) is 2. The zero-order valence-corrected chi connectivity index (χ0v) is 13.6. The smallest absolute Gasteiger partial charge is 0.0945 e. The molecular weight excluding hydrogens is 322 g/mol. The Kier molecular flexibility index (Phi) is 9.66. The highest BCUT2D eigenvalue weighted by Crippen LogP contribution is 2.13. The van der Waals surface area contributed by atoms with Gasteiger partial charge in [0.2, 0.25) is 0 Å². The lowest BCUT2D eigenvalue weighted by Gasteiger charge is -2.13. The summed E-state index contributed by atoms with van der Waals surface area (Å²) >= 11 is 3.38. The lowest BCUT2D eigenvalue weighted by atomic mass is 10.3. The molecule has 114 valence electrons. The molecule has 1 aromatic carbocycles.